The van der Waals surface area contributed by atoms with Crippen molar-refractivity contribution in [2.24, 2.45) is 0 Å². The minimum absolute atomic E-state index is 0.372. The second kappa shape index (κ2) is 7.61. The smallest absolute Gasteiger partial charge is 0.0294 e. The standard InChI is InChI=1S/C18H22BrN/c1-3-18(13-15-7-5-4-6-8-15)20-14(2)16-9-11-17(19)12-10-16/h4-12,14,18,20H,3,13H2,1-2H3. The first-order valence-corrected chi connectivity index (χ1v) is 8.03. The topological polar surface area (TPSA) is 12.0 Å². The van der Waals surface area contributed by atoms with E-state index in [1.807, 2.05) is 0 Å². The summed E-state index contributed by atoms with van der Waals surface area (Å²) in [5.41, 5.74) is 2.73. The summed E-state index contributed by atoms with van der Waals surface area (Å²) in [5.74, 6) is 0. The van der Waals surface area contributed by atoms with Crippen LogP contribution in [0.1, 0.15) is 37.4 Å². The van der Waals surface area contributed by atoms with E-state index in [0.29, 0.717) is 12.1 Å². The van der Waals surface area contributed by atoms with Crippen LogP contribution in [0.4, 0.5) is 0 Å². The summed E-state index contributed by atoms with van der Waals surface area (Å²) in [6.45, 7) is 4.48. The Morgan fingerprint density at radius 2 is 1.65 bits per heavy atom. The van der Waals surface area contributed by atoms with Crippen LogP contribution in [0.5, 0.6) is 0 Å². The molecule has 1 N–H and O–H groups in total. The fourth-order valence-electron chi connectivity index (χ4n) is 2.42. The Morgan fingerprint density at radius 3 is 2.25 bits per heavy atom. The van der Waals surface area contributed by atoms with E-state index in [1.54, 1.807) is 0 Å². The highest BCUT2D eigenvalue weighted by molar-refractivity contribution is 9.10. The average molecular weight is 332 g/mol. The minimum Gasteiger partial charge on any atom is -0.307 e. The molecule has 2 rings (SSSR count). The molecular formula is C18H22BrN. The zero-order valence-corrected chi connectivity index (χ0v) is 13.7. The Labute approximate surface area is 130 Å². The van der Waals surface area contributed by atoms with Crippen LogP contribution in [0.2, 0.25) is 0 Å². The molecule has 0 bridgehead atoms. The van der Waals surface area contributed by atoms with Crippen LogP contribution in [-0.4, -0.2) is 6.04 Å². The number of benzene rings is 2. The molecule has 2 unspecified atom stereocenters. The zero-order chi connectivity index (χ0) is 14.4. The van der Waals surface area contributed by atoms with Crippen LogP contribution in [-0.2, 0) is 6.42 Å². The molecule has 2 aromatic carbocycles. The van der Waals surface area contributed by atoms with Gasteiger partial charge in [-0.25, -0.2) is 0 Å². The molecule has 2 atom stereocenters. The minimum atomic E-state index is 0.372. The summed E-state index contributed by atoms with van der Waals surface area (Å²) < 4.78 is 1.13. The van der Waals surface area contributed by atoms with E-state index in [9.17, 15) is 0 Å². The molecule has 0 amide bonds. The van der Waals surface area contributed by atoms with Crippen molar-refractivity contribution in [2.45, 2.75) is 38.8 Å². The number of hydrogen-bond acceptors (Lipinski definition) is 1. The highest BCUT2D eigenvalue weighted by atomic mass is 79.9. The lowest BCUT2D eigenvalue weighted by Gasteiger charge is -2.23. The Morgan fingerprint density at radius 1 is 1.00 bits per heavy atom. The van der Waals surface area contributed by atoms with Crippen molar-refractivity contribution in [3.8, 4) is 0 Å². The molecule has 0 aliphatic heterocycles. The lowest BCUT2D eigenvalue weighted by Crippen LogP contribution is -2.32. The molecular weight excluding hydrogens is 310 g/mol. The summed E-state index contributed by atoms with van der Waals surface area (Å²) in [6, 6.07) is 20.1. The third-order valence-corrected chi connectivity index (χ3v) is 4.20. The number of hydrogen-bond donors (Lipinski definition) is 1. The van der Waals surface area contributed by atoms with Gasteiger partial charge in [-0.1, -0.05) is 65.3 Å². The highest BCUT2D eigenvalue weighted by Crippen LogP contribution is 2.18. The largest absolute Gasteiger partial charge is 0.307 e. The van der Waals surface area contributed by atoms with Gasteiger partial charge in [-0.15, -0.1) is 0 Å². The van der Waals surface area contributed by atoms with Crippen molar-refractivity contribution >= 4 is 15.9 Å². The van der Waals surface area contributed by atoms with Gasteiger partial charge in [-0.3, -0.25) is 0 Å². The van der Waals surface area contributed by atoms with E-state index >= 15 is 0 Å². The second-order valence-electron chi connectivity index (χ2n) is 5.23. The summed E-state index contributed by atoms with van der Waals surface area (Å²) >= 11 is 3.48. The summed E-state index contributed by atoms with van der Waals surface area (Å²) in [4.78, 5) is 0. The molecule has 0 saturated carbocycles. The van der Waals surface area contributed by atoms with Crippen LogP contribution in [0.25, 0.3) is 0 Å². The van der Waals surface area contributed by atoms with Gasteiger partial charge < -0.3 is 5.32 Å². The molecule has 0 fully saturated rings. The quantitative estimate of drug-likeness (QED) is 0.774. The van der Waals surface area contributed by atoms with Gasteiger partial charge in [0.25, 0.3) is 0 Å². The maximum absolute atomic E-state index is 3.74. The normalized spacial score (nSPS) is 13.9. The van der Waals surface area contributed by atoms with Crippen LogP contribution in [0.15, 0.2) is 59.1 Å². The Kier molecular flexibility index (Phi) is 5.81. The van der Waals surface area contributed by atoms with Gasteiger partial charge in [-0.2, -0.15) is 0 Å². The van der Waals surface area contributed by atoms with Crippen molar-refractivity contribution in [3.05, 3.63) is 70.2 Å². The third-order valence-electron chi connectivity index (χ3n) is 3.67. The molecule has 0 aliphatic carbocycles. The van der Waals surface area contributed by atoms with Gasteiger partial charge in [0.05, 0.1) is 0 Å². The van der Waals surface area contributed by atoms with E-state index in [0.717, 1.165) is 17.3 Å². The number of nitrogens with one attached hydrogen (secondary N) is 1. The molecule has 2 aromatic rings. The molecule has 0 radical (unpaired) electrons. The molecule has 0 spiro atoms. The fraction of sp³-hybridized carbons (Fsp3) is 0.333. The third kappa shape index (κ3) is 4.46. The maximum Gasteiger partial charge on any atom is 0.0294 e. The Hall–Kier alpha value is -1.12. The molecule has 0 saturated heterocycles. The van der Waals surface area contributed by atoms with Crippen molar-refractivity contribution in [1.82, 2.24) is 5.32 Å². The predicted molar refractivity (Wildman–Crippen MR) is 89.9 cm³/mol. The SMILES string of the molecule is CCC(Cc1ccccc1)NC(C)c1ccc(Br)cc1. The fourth-order valence-corrected chi connectivity index (χ4v) is 2.69. The van der Waals surface area contributed by atoms with Gasteiger partial charge >= 0.3 is 0 Å². The van der Waals surface area contributed by atoms with E-state index in [1.165, 1.54) is 11.1 Å². The predicted octanol–water partition coefficient (Wildman–Crippen LogP) is 5.12. The van der Waals surface area contributed by atoms with Gasteiger partial charge in [-0.05, 0) is 43.0 Å². The molecule has 0 aromatic heterocycles. The first-order valence-electron chi connectivity index (χ1n) is 7.24. The van der Waals surface area contributed by atoms with Gasteiger partial charge in [0.2, 0.25) is 0 Å². The van der Waals surface area contributed by atoms with Crippen molar-refractivity contribution in [2.75, 3.05) is 0 Å². The lowest BCUT2D eigenvalue weighted by atomic mass is 10.0. The zero-order valence-electron chi connectivity index (χ0n) is 12.1. The number of rotatable bonds is 6. The molecule has 1 nitrogen and oxygen atoms in total. The molecule has 0 heterocycles. The van der Waals surface area contributed by atoms with E-state index in [4.69, 9.17) is 0 Å². The molecule has 20 heavy (non-hydrogen) atoms. The van der Waals surface area contributed by atoms with Gasteiger partial charge in [0.1, 0.15) is 0 Å². The Bertz CT molecular complexity index is 507. The van der Waals surface area contributed by atoms with E-state index in [-0.39, 0.29) is 0 Å². The summed E-state index contributed by atoms with van der Waals surface area (Å²) in [6.07, 6.45) is 2.22. The Balaban J connectivity index is 1.97. The van der Waals surface area contributed by atoms with Crippen LogP contribution >= 0.6 is 15.9 Å². The van der Waals surface area contributed by atoms with E-state index in [2.05, 4.69) is 89.7 Å². The lowest BCUT2D eigenvalue weighted by molar-refractivity contribution is 0.440. The molecule has 2 heteroatoms. The average Bonchev–Trinajstić information content (AvgIpc) is 2.48. The van der Waals surface area contributed by atoms with Crippen molar-refractivity contribution in [3.63, 3.8) is 0 Å². The summed E-state index contributed by atoms with van der Waals surface area (Å²) in [5, 5.41) is 3.74. The first-order chi connectivity index (χ1) is 9.69. The maximum atomic E-state index is 3.74. The van der Waals surface area contributed by atoms with Crippen molar-refractivity contribution in [1.29, 1.82) is 0 Å². The first kappa shape index (κ1) is 15.3. The monoisotopic (exact) mass is 331 g/mol. The van der Waals surface area contributed by atoms with E-state index < -0.39 is 0 Å². The van der Waals surface area contributed by atoms with Crippen LogP contribution in [0, 0.1) is 0 Å². The van der Waals surface area contributed by atoms with Gasteiger partial charge in [0.15, 0.2) is 0 Å². The number of halogens is 1. The molecule has 106 valence electrons. The van der Waals surface area contributed by atoms with Crippen molar-refractivity contribution < 1.29 is 0 Å². The van der Waals surface area contributed by atoms with Gasteiger partial charge in [0, 0.05) is 16.6 Å². The summed E-state index contributed by atoms with van der Waals surface area (Å²) in [7, 11) is 0. The van der Waals surface area contributed by atoms with Crippen LogP contribution < -0.4 is 5.32 Å². The highest BCUT2D eigenvalue weighted by Gasteiger charge is 2.12. The molecule has 0 aliphatic rings. The second-order valence-corrected chi connectivity index (χ2v) is 6.15. The van der Waals surface area contributed by atoms with Crippen LogP contribution in [0.3, 0.4) is 0 Å².